The lowest BCUT2D eigenvalue weighted by molar-refractivity contribution is 0.323. The normalized spacial score (nSPS) is 26.5. The Labute approximate surface area is 90.5 Å². The molecule has 82 valence electrons. The van der Waals surface area contributed by atoms with Crippen LogP contribution in [-0.2, 0) is 0 Å². The van der Waals surface area contributed by atoms with E-state index in [-0.39, 0.29) is 11.5 Å². The summed E-state index contributed by atoms with van der Waals surface area (Å²) >= 11 is 0. The predicted octanol–water partition coefficient (Wildman–Crippen LogP) is 3.70. The Morgan fingerprint density at radius 2 is 2.00 bits per heavy atom. The largest absolute Gasteiger partial charge is 0.396 e. The summed E-state index contributed by atoms with van der Waals surface area (Å²) in [5.41, 5.74) is 6.70. The van der Waals surface area contributed by atoms with Crippen LogP contribution in [-0.4, -0.2) is 0 Å². The third-order valence-electron chi connectivity index (χ3n) is 3.57. The third-order valence-corrected chi connectivity index (χ3v) is 3.57. The van der Waals surface area contributed by atoms with Gasteiger partial charge in [0.1, 0.15) is 5.82 Å². The quantitative estimate of drug-likeness (QED) is 0.698. The molecule has 2 heteroatoms. The Morgan fingerprint density at radius 1 is 1.27 bits per heavy atom. The topological polar surface area (TPSA) is 26.0 Å². The number of hydrogen-bond acceptors (Lipinski definition) is 1. The van der Waals surface area contributed by atoms with Gasteiger partial charge in [-0.1, -0.05) is 38.3 Å². The van der Waals surface area contributed by atoms with Crippen LogP contribution >= 0.6 is 0 Å². The summed E-state index contributed by atoms with van der Waals surface area (Å²) in [5.74, 6) is 0.744. The van der Waals surface area contributed by atoms with E-state index in [2.05, 4.69) is 6.92 Å². The second-order valence-electron chi connectivity index (χ2n) is 4.62. The number of anilines is 1. The summed E-state index contributed by atoms with van der Waals surface area (Å²) in [5, 5.41) is 0. The lowest BCUT2D eigenvalue weighted by Crippen LogP contribution is -2.16. The Bertz CT molecular complexity index is 348. The molecule has 2 rings (SSSR count). The second kappa shape index (κ2) is 4.21. The van der Waals surface area contributed by atoms with Crippen molar-refractivity contribution in [1.29, 1.82) is 0 Å². The molecule has 2 atom stereocenters. The summed E-state index contributed by atoms with van der Waals surface area (Å²) in [6.45, 7) is 2.21. The fourth-order valence-corrected chi connectivity index (χ4v) is 2.63. The zero-order valence-corrected chi connectivity index (χ0v) is 9.17. The van der Waals surface area contributed by atoms with Crippen LogP contribution < -0.4 is 5.73 Å². The smallest absolute Gasteiger partial charge is 0.149 e. The molecule has 2 N–H and O–H groups in total. The van der Waals surface area contributed by atoms with Crippen LogP contribution in [0.5, 0.6) is 0 Å². The lowest BCUT2D eigenvalue weighted by atomic mass is 9.76. The van der Waals surface area contributed by atoms with Crippen molar-refractivity contribution in [3.8, 4) is 0 Å². The highest BCUT2D eigenvalue weighted by molar-refractivity contribution is 5.44. The van der Waals surface area contributed by atoms with Gasteiger partial charge in [-0.3, -0.25) is 0 Å². The molecule has 0 radical (unpaired) electrons. The molecular weight excluding hydrogens is 189 g/mol. The average Bonchev–Trinajstić information content (AvgIpc) is 2.23. The zero-order chi connectivity index (χ0) is 10.8. The van der Waals surface area contributed by atoms with E-state index >= 15 is 0 Å². The minimum atomic E-state index is -0.198. The van der Waals surface area contributed by atoms with Crippen LogP contribution in [0.2, 0.25) is 0 Å². The number of rotatable bonds is 1. The van der Waals surface area contributed by atoms with E-state index < -0.39 is 0 Å². The molecule has 1 aromatic rings. The van der Waals surface area contributed by atoms with Crippen molar-refractivity contribution in [1.82, 2.24) is 0 Å². The first-order chi connectivity index (χ1) is 7.20. The zero-order valence-electron chi connectivity index (χ0n) is 9.17. The van der Waals surface area contributed by atoms with Gasteiger partial charge in [0.05, 0.1) is 5.69 Å². The third kappa shape index (κ3) is 1.99. The molecular formula is C13H18FN. The summed E-state index contributed by atoms with van der Waals surface area (Å²) < 4.78 is 13.8. The minimum absolute atomic E-state index is 0.198. The van der Waals surface area contributed by atoms with Crippen LogP contribution in [0.25, 0.3) is 0 Å². The molecule has 2 unspecified atom stereocenters. The number of nitrogen functional groups attached to an aromatic ring is 1. The van der Waals surface area contributed by atoms with E-state index in [0.717, 1.165) is 12.0 Å². The van der Waals surface area contributed by atoms with Crippen molar-refractivity contribution in [3.63, 3.8) is 0 Å². The molecule has 0 spiro atoms. The number of benzene rings is 1. The number of nitrogens with two attached hydrogens (primary N) is 1. The maximum absolute atomic E-state index is 13.8. The molecule has 1 saturated carbocycles. The molecule has 1 fully saturated rings. The fourth-order valence-electron chi connectivity index (χ4n) is 2.63. The Balaban J connectivity index is 2.31. The fraction of sp³-hybridized carbons (Fsp3) is 0.538. The summed E-state index contributed by atoms with van der Waals surface area (Å²) in [6, 6.07) is 5.37. The summed E-state index contributed by atoms with van der Waals surface area (Å²) in [6.07, 6.45) is 4.80. The van der Waals surface area contributed by atoms with Gasteiger partial charge in [-0.15, -0.1) is 0 Å². The van der Waals surface area contributed by atoms with Crippen LogP contribution in [0.1, 0.15) is 44.1 Å². The lowest BCUT2D eigenvalue weighted by Gasteiger charge is -2.29. The van der Waals surface area contributed by atoms with Gasteiger partial charge in [0.2, 0.25) is 0 Å². The maximum Gasteiger partial charge on any atom is 0.149 e. The molecule has 0 heterocycles. The Kier molecular flexibility index (Phi) is 2.94. The van der Waals surface area contributed by atoms with Crippen LogP contribution in [0.15, 0.2) is 18.2 Å². The molecule has 0 bridgehead atoms. The maximum atomic E-state index is 13.8. The van der Waals surface area contributed by atoms with Crippen LogP contribution in [0.4, 0.5) is 10.1 Å². The van der Waals surface area contributed by atoms with Gasteiger partial charge in [-0.2, -0.15) is 0 Å². The molecule has 0 amide bonds. The SMILES string of the molecule is CC1CCCCC1c1cccc(N)c1F. The molecule has 1 aliphatic carbocycles. The molecule has 0 aliphatic heterocycles. The highest BCUT2D eigenvalue weighted by Crippen LogP contribution is 2.39. The van der Waals surface area contributed by atoms with Gasteiger partial charge in [0.25, 0.3) is 0 Å². The van der Waals surface area contributed by atoms with E-state index in [1.165, 1.54) is 19.3 Å². The van der Waals surface area contributed by atoms with E-state index in [4.69, 9.17) is 5.73 Å². The van der Waals surface area contributed by atoms with Crippen molar-refractivity contribution < 1.29 is 4.39 Å². The monoisotopic (exact) mass is 207 g/mol. The second-order valence-corrected chi connectivity index (χ2v) is 4.62. The standard InChI is InChI=1S/C13H18FN/c1-9-5-2-3-6-10(9)11-7-4-8-12(15)13(11)14/h4,7-10H,2-3,5-6,15H2,1H3. The van der Waals surface area contributed by atoms with Crippen molar-refractivity contribution in [3.05, 3.63) is 29.6 Å². The van der Waals surface area contributed by atoms with E-state index in [9.17, 15) is 4.39 Å². The summed E-state index contributed by atoms with van der Waals surface area (Å²) in [7, 11) is 0. The van der Waals surface area contributed by atoms with E-state index in [0.29, 0.717) is 11.8 Å². The molecule has 1 nitrogen and oxygen atoms in total. The van der Waals surface area contributed by atoms with Gasteiger partial charge in [0, 0.05) is 0 Å². The van der Waals surface area contributed by atoms with Gasteiger partial charge in [-0.05, 0) is 29.9 Å². The molecule has 1 aromatic carbocycles. The van der Waals surface area contributed by atoms with Crippen LogP contribution in [0.3, 0.4) is 0 Å². The number of halogens is 1. The van der Waals surface area contributed by atoms with Gasteiger partial charge >= 0.3 is 0 Å². The molecule has 1 aliphatic rings. The van der Waals surface area contributed by atoms with Gasteiger partial charge < -0.3 is 5.73 Å². The van der Waals surface area contributed by atoms with Crippen molar-refractivity contribution in [2.24, 2.45) is 5.92 Å². The molecule has 0 saturated heterocycles. The Morgan fingerprint density at radius 3 is 2.73 bits per heavy atom. The highest BCUT2D eigenvalue weighted by Gasteiger charge is 2.25. The van der Waals surface area contributed by atoms with Crippen LogP contribution in [0, 0.1) is 11.7 Å². The van der Waals surface area contributed by atoms with Gasteiger partial charge in [-0.25, -0.2) is 4.39 Å². The predicted molar refractivity (Wildman–Crippen MR) is 61.2 cm³/mol. The first-order valence-electron chi connectivity index (χ1n) is 5.74. The van der Waals surface area contributed by atoms with E-state index in [1.807, 2.05) is 12.1 Å². The van der Waals surface area contributed by atoms with Gasteiger partial charge in [0.15, 0.2) is 0 Å². The first-order valence-corrected chi connectivity index (χ1v) is 5.74. The molecule has 15 heavy (non-hydrogen) atoms. The average molecular weight is 207 g/mol. The summed E-state index contributed by atoms with van der Waals surface area (Å²) in [4.78, 5) is 0. The minimum Gasteiger partial charge on any atom is -0.396 e. The van der Waals surface area contributed by atoms with Crippen molar-refractivity contribution >= 4 is 5.69 Å². The van der Waals surface area contributed by atoms with Crippen molar-refractivity contribution in [2.75, 3.05) is 5.73 Å². The van der Waals surface area contributed by atoms with Crippen molar-refractivity contribution in [2.45, 2.75) is 38.5 Å². The highest BCUT2D eigenvalue weighted by atomic mass is 19.1. The first kappa shape index (κ1) is 10.5. The van der Waals surface area contributed by atoms with E-state index in [1.54, 1.807) is 6.07 Å². The molecule has 0 aromatic heterocycles. The Hall–Kier alpha value is -1.05. The number of hydrogen-bond donors (Lipinski definition) is 1.